The average Bonchev–Trinajstić information content (AvgIpc) is 2.33. The summed E-state index contributed by atoms with van der Waals surface area (Å²) in [4.78, 5) is 11.8. The van der Waals surface area contributed by atoms with E-state index in [0.717, 1.165) is 25.7 Å². The highest BCUT2D eigenvalue weighted by molar-refractivity contribution is 5.67. The van der Waals surface area contributed by atoms with Gasteiger partial charge >= 0.3 is 6.09 Å². The first-order valence-corrected chi connectivity index (χ1v) is 8.28. The number of nitrogens with one attached hydrogen (secondary N) is 1. The van der Waals surface area contributed by atoms with E-state index in [9.17, 15) is 9.90 Å². The first-order valence-electron chi connectivity index (χ1n) is 8.28. The van der Waals surface area contributed by atoms with Crippen LogP contribution in [0.15, 0.2) is 12.7 Å². The molecule has 0 bridgehead atoms. The number of amides is 1. The van der Waals surface area contributed by atoms with Gasteiger partial charge in [0.05, 0.1) is 5.60 Å². The number of allylic oxidation sites excluding steroid dienone is 1. The predicted octanol–water partition coefficient (Wildman–Crippen LogP) is 4.28. The topological polar surface area (TPSA) is 58.6 Å². The van der Waals surface area contributed by atoms with E-state index in [1.165, 1.54) is 0 Å². The summed E-state index contributed by atoms with van der Waals surface area (Å²) in [7, 11) is 0. The fraction of sp³-hybridized carbons (Fsp3) is 0.833. The van der Waals surface area contributed by atoms with Crippen LogP contribution in [-0.2, 0) is 4.74 Å². The lowest BCUT2D eigenvalue weighted by Gasteiger charge is -2.34. The third-order valence-corrected chi connectivity index (χ3v) is 3.59. The van der Waals surface area contributed by atoms with Gasteiger partial charge in [0.25, 0.3) is 0 Å². The molecule has 0 radical (unpaired) electrons. The van der Waals surface area contributed by atoms with Crippen molar-refractivity contribution in [3.8, 4) is 0 Å². The Kier molecular flexibility index (Phi) is 8.76. The summed E-state index contributed by atoms with van der Waals surface area (Å²) in [6.45, 7) is 15.5. The molecule has 0 aliphatic rings. The van der Waals surface area contributed by atoms with Gasteiger partial charge in [0, 0.05) is 6.54 Å². The Labute approximate surface area is 136 Å². The summed E-state index contributed by atoms with van der Waals surface area (Å²) in [5.41, 5.74) is -1.47. The fourth-order valence-electron chi connectivity index (χ4n) is 2.47. The normalized spacial score (nSPS) is 16.0. The molecule has 0 fully saturated rings. The quantitative estimate of drug-likeness (QED) is 0.493. The fourth-order valence-corrected chi connectivity index (χ4v) is 2.47. The predicted molar refractivity (Wildman–Crippen MR) is 91.9 cm³/mol. The Bertz CT molecular complexity index is 343. The molecule has 0 aromatic rings. The molecule has 0 aliphatic heterocycles. The summed E-state index contributed by atoms with van der Waals surface area (Å²) >= 11 is 0. The SMILES string of the molecule is C=CCCC[C@@H](CC(C)C)C(C)(O)CNC(=O)OC(C)(C)C. The van der Waals surface area contributed by atoms with Crippen LogP contribution in [0.4, 0.5) is 4.79 Å². The van der Waals surface area contributed by atoms with Crippen LogP contribution in [0, 0.1) is 11.8 Å². The van der Waals surface area contributed by atoms with Crippen molar-refractivity contribution in [2.75, 3.05) is 6.54 Å². The van der Waals surface area contributed by atoms with Gasteiger partial charge < -0.3 is 15.2 Å². The number of unbranched alkanes of at least 4 members (excludes halogenated alkanes) is 1. The van der Waals surface area contributed by atoms with Gasteiger partial charge in [-0.3, -0.25) is 0 Å². The zero-order valence-electron chi connectivity index (χ0n) is 15.2. The van der Waals surface area contributed by atoms with E-state index < -0.39 is 17.3 Å². The van der Waals surface area contributed by atoms with E-state index in [4.69, 9.17) is 4.74 Å². The Hall–Kier alpha value is -1.03. The van der Waals surface area contributed by atoms with Crippen LogP contribution in [-0.4, -0.2) is 28.9 Å². The van der Waals surface area contributed by atoms with Crippen molar-refractivity contribution in [2.45, 2.75) is 78.4 Å². The Morgan fingerprint density at radius 2 is 1.91 bits per heavy atom. The van der Waals surface area contributed by atoms with Crippen molar-refractivity contribution >= 4 is 6.09 Å². The molecule has 0 saturated heterocycles. The maximum Gasteiger partial charge on any atom is 0.407 e. The number of ether oxygens (including phenoxy) is 1. The van der Waals surface area contributed by atoms with Crippen molar-refractivity contribution in [1.29, 1.82) is 0 Å². The van der Waals surface area contributed by atoms with Crippen LogP contribution in [0.2, 0.25) is 0 Å². The molecule has 0 aliphatic carbocycles. The van der Waals surface area contributed by atoms with E-state index in [2.05, 4.69) is 25.7 Å². The molecule has 130 valence electrons. The highest BCUT2D eigenvalue weighted by Crippen LogP contribution is 2.29. The lowest BCUT2D eigenvalue weighted by atomic mass is 9.79. The Morgan fingerprint density at radius 1 is 1.32 bits per heavy atom. The third kappa shape index (κ3) is 9.82. The largest absolute Gasteiger partial charge is 0.444 e. The molecular formula is C18H35NO3. The van der Waals surface area contributed by atoms with Crippen molar-refractivity contribution in [3.63, 3.8) is 0 Å². The molecule has 0 saturated carbocycles. The van der Waals surface area contributed by atoms with Gasteiger partial charge in [-0.05, 0) is 65.2 Å². The van der Waals surface area contributed by atoms with Gasteiger partial charge in [0.2, 0.25) is 0 Å². The Balaban J connectivity index is 4.59. The van der Waals surface area contributed by atoms with Crippen LogP contribution < -0.4 is 5.32 Å². The number of hydrogen-bond acceptors (Lipinski definition) is 3. The minimum Gasteiger partial charge on any atom is -0.444 e. The van der Waals surface area contributed by atoms with Gasteiger partial charge in [-0.25, -0.2) is 4.79 Å². The minimum absolute atomic E-state index is 0.141. The van der Waals surface area contributed by atoms with Gasteiger partial charge in [-0.1, -0.05) is 19.9 Å². The van der Waals surface area contributed by atoms with Crippen LogP contribution in [0.1, 0.15) is 67.2 Å². The molecule has 2 N–H and O–H groups in total. The summed E-state index contributed by atoms with van der Waals surface area (Å²) in [6.07, 6.45) is 5.23. The minimum atomic E-state index is -0.942. The molecule has 0 aromatic carbocycles. The lowest BCUT2D eigenvalue weighted by Crippen LogP contribution is -2.47. The molecule has 1 amide bonds. The summed E-state index contributed by atoms with van der Waals surface area (Å²) in [6, 6.07) is 0. The van der Waals surface area contributed by atoms with Crippen molar-refractivity contribution in [2.24, 2.45) is 11.8 Å². The van der Waals surface area contributed by atoms with Gasteiger partial charge in [-0.2, -0.15) is 0 Å². The van der Waals surface area contributed by atoms with Crippen LogP contribution >= 0.6 is 0 Å². The van der Waals surface area contributed by atoms with E-state index in [0.29, 0.717) is 5.92 Å². The highest BCUT2D eigenvalue weighted by Gasteiger charge is 2.32. The third-order valence-electron chi connectivity index (χ3n) is 3.59. The van der Waals surface area contributed by atoms with E-state index in [1.807, 2.05) is 26.8 Å². The average molecular weight is 313 g/mol. The maximum atomic E-state index is 11.8. The number of carbonyl (C=O) groups is 1. The monoisotopic (exact) mass is 313 g/mol. The molecule has 4 nitrogen and oxygen atoms in total. The van der Waals surface area contributed by atoms with Crippen LogP contribution in [0.5, 0.6) is 0 Å². The molecule has 22 heavy (non-hydrogen) atoms. The molecule has 1 unspecified atom stereocenters. The van der Waals surface area contributed by atoms with Crippen LogP contribution in [0.25, 0.3) is 0 Å². The second-order valence-electron chi connectivity index (χ2n) is 7.76. The summed E-state index contributed by atoms with van der Waals surface area (Å²) < 4.78 is 5.22. The van der Waals surface area contributed by atoms with Gasteiger partial charge in [0.1, 0.15) is 5.60 Å². The molecular weight excluding hydrogens is 278 g/mol. The number of alkyl carbamates (subject to hydrolysis) is 1. The highest BCUT2D eigenvalue weighted by atomic mass is 16.6. The second-order valence-corrected chi connectivity index (χ2v) is 7.76. The zero-order valence-corrected chi connectivity index (χ0v) is 15.2. The van der Waals surface area contributed by atoms with Crippen molar-refractivity contribution in [1.82, 2.24) is 5.32 Å². The number of rotatable bonds is 9. The van der Waals surface area contributed by atoms with E-state index in [-0.39, 0.29) is 12.5 Å². The maximum absolute atomic E-state index is 11.8. The van der Waals surface area contributed by atoms with Crippen LogP contribution in [0.3, 0.4) is 0 Å². The summed E-state index contributed by atoms with van der Waals surface area (Å²) in [5.74, 6) is 0.643. The first-order chi connectivity index (χ1) is 9.98. The number of aliphatic hydroxyl groups is 1. The van der Waals surface area contributed by atoms with Crippen molar-refractivity contribution in [3.05, 3.63) is 12.7 Å². The molecule has 0 aromatic heterocycles. The molecule has 0 spiro atoms. The Morgan fingerprint density at radius 3 is 2.36 bits per heavy atom. The standard InChI is InChI=1S/C18H35NO3/c1-8-9-10-11-15(12-14(2)3)18(7,21)13-19-16(20)22-17(4,5)6/h8,14-15,21H,1,9-13H2,2-7H3,(H,19,20)/t15-,18?/m0/s1. The molecule has 0 heterocycles. The number of hydrogen-bond donors (Lipinski definition) is 2. The molecule has 2 atom stereocenters. The zero-order chi connectivity index (χ0) is 17.4. The summed E-state index contributed by atoms with van der Waals surface area (Å²) in [5, 5.41) is 13.5. The van der Waals surface area contributed by atoms with E-state index in [1.54, 1.807) is 6.92 Å². The second kappa shape index (κ2) is 9.19. The van der Waals surface area contributed by atoms with E-state index >= 15 is 0 Å². The van der Waals surface area contributed by atoms with Gasteiger partial charge in [0.15, 0.2) is 0 Å². The van der Waals surface area contributed by atoms with Crippen molar-refractivity contribution < 1.29 is 14.6 Å². The van der Waals surface area contributed by atoms with Gasteiger partial charge in [-0.15, -0.1) is 6.58 Å². The smallest absolute Gasteiger partial charge is 0.407 e. The molecule has 4 heteroatoms. The molecule has 0 rings (SSSR count). The first kappa shape index (κ1) is 21.0. The lowest BCUT2D eigenvalue weighted by molar-refractivity contribution is -0.0167. The number of carbonyl (C=O) groups excluding carboxylic acids is 1.